The van der Waals surface area contributed by atoms with Crippen molar-refractivity contribution in [3.8, 4) is 0 Å². The van der Waals surface area contributed by atoms with Crippen LogP contribution in [-0.2, 0) is 11.3 Å². The number of aromatic nitrogens is 2. The number of aryl methyl sites for hydroxylation is 4. The first-order valence-corrected chi connectivity index (χ1v) is 10.1. The normalized spacial score (nSPS) is 11.0. The molecule has 2 N–H and O–H groups in total. The van der Waals surface area contributed by atoms with Gasteiger partial charge in [-0.05, 0) is 51.3 Å². The Balaban J connectivity index is 1.96. The minimum atomic E-state index is -0.901. The second-order valence-electron chi connectivity index (χ2n) is 7.12. The maximum absolute atomic E-state index is 13.0. The molecular weight excluding hydrogens is 390 g/mol. The molecule has 0 aliphatic carbocycles. The summed E-state index contributed by atoms with van der Waals surface area (Å²) >= 11 is 1.20. The van der Waals surface area contributed by atoms with Crippen LogP contribution < -0.4 is 10.9 Å². The largest absolute Gasteiger partial charge is 0.481 e. The van der Waals surface area contributed by atoms with Crippen LogP contribution in [0.15, 0.2) is 23.0 Å². The Morgan fingerprint density at radius 3 is 2.59 bits per heavy atom. The molecule has 0 fully saturated rings. The standard InChI is InChI=1S/C21H23N3O4S/c1-11-7-8-15(12(2)10-11)23-19(27)18-13(3)17-20(29-18)22-14(4)24(21(17)28)9-5-6-16(25)26/h7-8,10H,5-6,9H2,1-4H3,(H,23,27)(H,25,26). The molecule has 7 nitrogen and oxygen atoms in total. The van der Waals surface area contributed by atoms with Gasteiger partial charge in [0.15, 0.2) is 0 Å². The number of rotatable bonds is 6. The molecule has 0 bridgehead atoms. The summed E-state index contributed by atoms with van der Waals surface area (Å²) in [4.78, 5) is 42.1. The van der Waals surface area contributed by atoms with Crippen LogP contribution in [0.1, 0.15) is 45.0 Å². The van der Waals surface area contributed by atoms with Gasteiger partial charge in [0.25, 0.3) is 11.5 Å². The molecule has 0 aliphatic rings. The fourth-order valence-corrected chi connectivity index (χ4v) is 4.43. The van der Waals surface area contributed by atoms with Gasteiger partial charge in [-0.1, -0.05) is 17.7 Å². The third-order valence-corrected chi connectivity index (χ3v) is 6.03. The Morgan fingerprint density at radius 1 is 1.21 bits per heavy atom. The van der Waals surface area contributed by atoms with Crippen LogP contribution >= 0.6 is 11.3 Å². The number of carboxylic acid groups (broad SMARTS) is 1. The number of nitrogens with zero attached hydrogens (tertiary/aromatic N) is 2. The number of aliphatic carboxylic acids is 1. The summed E-state index contributed by atoms with van der Waals surface area (Å²) in [7, 11) is 0. The SMILES string of the molecule is Cc1ccc(NC(=O)c2sc3nc(C)n(CCCC(=O)O)c(=O)c3c2C)c(C)c1. The molecule has 1 amide bonds. The van der Waals surface area contributed by atoms with Gasteiger partial charge in [-0.25, -0.2) is 4.98 Å². The molecule has 0 saturated carbocycles. The van der Waals surface area contributed by atoms with E-state index < -0.39 is 5.97 Å². The number of hydrogen-bond donors (Lipinski definition) is 2. The molecule has 0 unspecified atom stereocenters. The smallest absolute Gasteiger partial charge is 0.303 e. The average Bonchev–Trinajstić information content (AvgIpc) is 2.96. The average molecular weight is 413 g/mol. The number of carbonyl (C=O) groups is 2. The summed E-state index contributed by atoms with van der Waals surface area (Å²) in [6, 6.07) is 5.79. The highest BCUT2D eigenvalue weighted by molar-refractivity contribution is 7.20. The molecule has 0 saturated heterocycles. The monoisotopic (exact) mass is 413 g/mol. The lowest BCUT2D eigenvalue weighted by molar-refractivity contribution is -0.137. The zero-order chi connectivity index (χ0) is 21.3. The van der Waals surface area contributed by atoms with E-state index in [4.69, 9.17) is 5.11 Å². The molecule has 152 valence electrons. The second-order valence-corrected chi connectivity index (χ2v) is 8.12. The van der Waals surface area contributed by atoms with Gasteiger partial charge < -0.3 is 10.4 Å². The van der Waals surface area contributed by atoms with Crippen molar-refractivity contribution >= 4 is 39.1 Å². The van der Waals surface area contributed by atoms with Crippen molar-refractivity contribution in [3.05, 3.63) is 55.9 Å². The number of carboxylic acids is 1. The van der Waals surface area contributed by atoms with Gasteiger partial charge in [0.05, 0.1) is 10.3 Å². The number of nitrogens with one attached hydrogen (secondary N) is 1. The molecule has 3 aromatic rings. The number of fused-ring (bicyclic) bond motifs is 1. The third-order valence-electron chi connectivity index (χ3n) is 4.85. The molecule has 0 spiro atoms. The van der Waals surface area contributed by atoms with Crippen molar-refractivity contribution in [3.63, 3.8) is 0 Å². The number of benzene rings is 1. The van der Waals surface area contributed by atoms with E-state index >= 15 is 0 Å². The molecule has 0 aliphatic heterocycles. The van der Waals surface area contributed by atoms with Crippen LogP contribution in [0.25, 0.3) is 10.2 Å². The molecule has 2 heterocycles. The van der Waals surface area contributed by atoms with E-state index in [9.17, 15) is 14.4 Å². The Bertz CT molecular complexity index is 1180. The first-order chi connectivity index (χ1) is 13.7. The Hall–Kier alpha value is -3.00. The van der Waals surface area contributed by atoms with E-state index in [0.717, 1.165) is 16.8 Å². The highest BCUT2D eigenvalue weighted by Gasteiger charge is 2.21. The molecule has 0 radical (unpaired) electrons. The molecule has 8 heteroatoms. The van der Waals surface area contributed by atoms with Gasteiger partial charge in [0.1, 0.15) is 10.7 Å². The van der Waals surface area contributed by atoms with Crippen molar-refractivity contribution in [2.75, 3.05) is 5.32 Å². The summed E-state index contributed by atoms with van der Waals surface area (Å²) in [5, 5.41) is 12.2. The lowest BCUT2D eigenvalue weighted by Crippen LogP contribution is -2.24. The van der Waals surface area contributed by atoms with E-state index in [1.54, 1.807) is 13.8 Å². The van der Waals surface area contributed by atoms with Gasteiger partial charge in [0.2, 0.25) is 0 Å². The van der Waals surface area contributed by atoms with Gasteiger partial charge in [-0.15, -0.1) is 11.3 Å². The minimum absolute atomic E-state index is 0.0178. The molecular formula is C21H23N3O4S. The van der Waals surface area contributed by atoms with Crippen molar-refractivity contribution < 1.29 is 14.7 Å². The Labute approximate surface area is 172 Å². The lowest BCUT2D eigenvalue weighted by Gasteiger charge is -2.09. The fraction of sp³-hybridized carbons (Fsp3) is 0.333. The van der Waals surface area contributed by atoms with Gasteiger partial charge >= 0.3 is 5.97 Å². The summed E-state index contributed by atoms with van der Waals surface area (Å²) in [6.07, 6.45) is 0.322. The number of amides is 1. The van der Waals surface area contributed by atoms with Crippen LogP contribution in [0.3, 0.4) is 0 Å². The highest BCUT2D eigenvalue weighted by atomic mass is 32.1. The topological polar surface area (TPSA) is 101 Å². The second kappa shape index (κ2) is 8.16. The Morgan fingerprint density at radius 2 is 1.93 bits per heavy atom. The van der Waals surface area contributed by atoms with E-state index in [-0.39, 0.29) is 24.4 Å². The summed E-state index contributed by atoms with van der Waals surface area (Å²) in [5.74, 6) is -0.663. The van der Waals surface area contributed by atoms with Gasteiger partial charge in [0, 0.05) is 18.7 Å². The number of hydrogen-bond acceptors (Lipinski definition) is 5. The van der Waals surface area contributed by atoms with Crippen LogP contribution in [0.4, 0.5) is 5.69 Å². The zero-order valence-corrected chi connectivity index (χ0v) is 17.6. The predicted octanol–water partition coefficient (Wildman–Crippen LogP) is 3.81. The molecule has 1 aromatic carbocycles. The third kappa shape index (κ3) is 4.22. The van der Waals surface area contributed by atoms with Crippen molar-refractivity contribution in [1.82, 2.24) is 9.55 Å². The van der Waals surface area contributed by atoms with E-state index in [1.165, 1.54) is 15.9 Å². The molecule has 3 rings (SSSR count). The lowest BCUT2D eigenvalue weighted by atomic mass is 10.1. The van der Waals surface area contributed by atoms with Crippen molar-refractivity contribution in [2.24, 2.45) is 0 Å². The highest BCUT2D eigenvalue weighted by Crippen LogP contribution is 2.28. The number of carbonyl (C=O) groups excluding carboxylic acids is 1. The summed E-state index contributed by atoms with van der Waals surface area (Å²) in [5.41, 5.74) is 3.16. The van der Waals surface area contributed by atoms with Gasteiger partial charge in [-0.2, -0.15) is 0 Å². The van der Waals surface area contributed by atoms with Crippen molar-refractivity contribution in [1.29, 1.82) is 0 Å². The van der Waals surface area contributed by atoms with Gasteiger partial charge in [-0.3, -0.25) is 19.0 Å². The molecule has 0 atom stereocenters. The molecule has 29 heavy (non-hydrogen) atoms. The van der Waals surface area contributed by atoms with Crippen LogP contribution in [0.5, 0.6) is 0 Å². The number of thiophene rings is 1. The summed E-state index contributed by atoms with van der Waals surface area (Å²) < 4.78 is 1.48. The van der Waals surface area contributed by atoms with E-state index in [1.807, 2.05) is 32.0 Å². The Kier molecular flexibility index (Phi) is 5.83. The van der Waals surface area contributed by atoms with Crippen LogP contribution in [-0.4, -0.2) is 26.5 Å². The van der Waals surface area contributed by atoms with Crippen LogP contribution in [0.2, 0.25) is 0 Å². The maximum Gasteiger partial charge on any atom is 0.303 e. The van der Waals surface area contributed by atoms with E-state index in [2.05, 4.69) is 10.3 Å². The molecule has 2 aromatic heterocycles. The van der Waals surface area contributed by atoms with E-state index in [0.29, 0.717) is 32.9 Å². The fourth-order valence-electron chi connectivity index (χ4n) is 3.32. The quantitative estimate of drug-likeness (QED) is 0.640. The minimum Gasteiger partial charge on any atom is -0.481 e. The number of anilines is 1. The maximum atomic E-state index is 13.0. The first kappa shape index (κ1) is 20.7. The zero-order valence-electron chi connectivity index (χ0n) is 16.8. The van der Waals surface area contributed by atoms with Crippen LogP contribution in [0, 0.1) is 27.7 Å². The predicted molar refractivity (Wildman–Crippen MR) is 114 cm³/mol. The first-order valence-electron chi connectivity index (χ1n) is 9.30. The summed E-state index contributed by atoms with van der Waals surface area (Å²) in [6.45, 7) is 7.66. The van der Waals surface area contributed by atoms with Crippen molar-refractivity contribution in [2.45, 2.75) is 47.1 Å².